The molecule has 1 aliphatic heterocycles. The first-order valence-corrected chi connectivity index (χ1v) is 8.29. The highest BCUT2D eigenvalue weighted by Crippen LogP contribution is 2.23. The van der Waals surface area contributed by atoms with E-state index in [1.165, 1.54) is 0 Å². The van der Waals surface area contributed by atoms with E-state index in [2.05, 4.69) is 20.6 Å². The first-order valence-electron chi connectivity index (χ1n) is 6.47. The van der Waals surface area contributed by atoms with Gasteiger partial charge in [-0.25, -0.2) is 18.4 Å². The van der Waals surface area contributed by atoms with Crippen molar-refractivity contribution in [2.75, 3.05) is 29.2 Å². The van der Waals surface area contributed by atoms with Crippen molar-refractivity contribution in [2.24, 2.45) is 0 Å². The number of anilines is 2. The fraction of sp³-hybridized carbons (Fsp3) is 0.667. The maximum Gasteiger partial charge on any atom is 0.152 e. The molecule has 1 saturated heterocycles. The molecule has 6 nitrogen and oxygen atoms in total. The molecule has 106 valence electrons. The zero-order valence-corrected chi connectivity index (χ0v) is 12.3. The number of aryl methyl sites for hydroxylation is 1. The number of aromatic nitrogens is 2. The van der Waals surface area contributed by atoms with E-state index < -0.39 is 9.84 Å². The van der Waals surface area contributed by atoms with Crippen molar-refractivity contribution in [2.45, 2.75) is 32.7 Å². The average molecular weight is 284 g/mol. The molecule has 1 aromatic rings. The van der Waals surface area contributed by atoms with Crippen molar-refractivity contribution in [1.82, 2.24) is 9.97 Å². The van der Waals surface area contributed by atoms with E-state index >= 15 is 0 Å². The van der Waals surface area contributed by atoms with Crippen LogP contribution in [0.15, 0.2) is 0 Å². The molecular formula is C12H20N4O2S. The van der Waals surface area contributed by atoms with Gasteiger partial charge in [-0.1, -0.05) is 6.92 Å². The zero-order valence-electron chi connectivity index (χ0n) is 11.5. The SMILES string of the molecule is CCc1nc(NC)c(C)c(NC2CCS(=O)(=O)C2)n1. The first-order chi connectivity index (χ1) is 8.95. The van der Waals surface area contributed by atoms with Gasteiger partial charge in [-0.2, -0.15) is 0 Å². The minimum Gasteiger partial charge on any atom is -0.373 e. The second kappa shape index (κ2) is 5.32. The van der Waals surface area contributed by atoms with Crippen LogP contribution < -0.4 is 10.6 Å². The monoisotopic (exact) mass is 284 g/mol. The smallest absolute Gasteiger partial charge is 0.152 e. The molecule has 1 aliphatic rings. The van der Waals surface area contributed by atoms with E-state index in [4.69, 9.17) is 0 Å². The third-order valence-electron chi connectivity index (χ3n) is 3.32. The van der Waals surface area contributed by atoms with Crippen molar-refractivity contribution < 1.29 is 8.42 Å². The number of nitrogens with one attached hydrogen (secondary N) is 2. The highest BCUT2D eigenvalue weighted by molar-refractivity contribution is 7.91. The van der Waals surface area contributed by atoms with Gasteiger partial charge in [-0.05, 0) is 13.3 Å². The largest absolute Gasteiger partial charge is 0.373 e. The van der Waals surface area contributed by atoms with Crippen LogP contribution in [0, 0.1) is 6.92 Å². The fourth-order valence-corrected chi connectivity index (χ4v) is 3.88. The summed E-state index contributed by atoms with van der Waals surface area (Å²) in [5, 5.41) is 6.29. The van der Waals surface area contributed by atoms with E-state index in [1.54, 1.807) is 0 Å². The number of sulfone groups is 1. The van der Waals surface area contributed by atoms with E-state index in [9.17, 15) is 8.42 Å². The van der Waals surface area contributed by atoms with Gasteiger partial charge in [0.25, 0.3) is 0 Å². The predicted octanol–water partition coefficient (Wildman–Crippen LogP) is 0.988. The Hall–Kier alpha value is -1.37. The number of nitrogens with zero attached hydrogens (tertiary/aromatic N) is 2. The Bertz CT molecular complexity index is 571. The van der Waals surface area contributed by atoms with Crippen LogP contribution in [-0.2, 0) is 16.3 Å². The minimum atomic E-state index is -2.88. The van der Waals surface area contributed by atoms with Crippen LogP contribution in [0.4, 0.5) is 11.6 Å². The lowest BCUT2D eigenvalue weighted by Gasteiger charge is -2.16. The summed E-state index contributed by atoms with van der Waals surface area (Å²) >= 11 is 0. The standard InChI is InChI=1S/C12H20N4O2S/c1-4-10-15-11(13-3)8(2)12(16-10)14-9-5-6-19(17,18)7-9/h9H,4-7H2,1-3H3,(H2,13,14,15,16). The Morgan fingerprint density at radius 3 is 2.53 bits per heavy atom. The summed E-state index contributed by atoms with van der Waals surface area (Å²) in [6.07, 6.45) is 1.38. The number of rotatable bonds is 4. The summed E-state index contributed by atoms with van der Waals surface area (Å²) in [5.74, 6) is 2.72. The third-order valence-corrected chi connectivity index (χ3v) is 5.09. The zero-order chi connectivity index (χ0) is 14.0. The lowest BCUT2D eigenvalue weighted by atomic mass is 10.2. The van der Waals surface area contributed by atoms with Gasteiger partial charge in [0.15, 0.2) is 9.84 Å². The van der Waals surface area contributed by atoms with Crippen molar-refractivity contribution in [3.8, 4) is 0 Å². The van der Waals surface area contributed by atoms with Crippen molar-refractivity contribution in [1.29, 1.82) is 0 Å². The Labute approximate surface area is 114 Å². The maximum absolute atomic E-state index is 11.5. The molecule has 0 saturated carbocycles. The summed E-state index contributed by atoms with van der Waals surface area (Å²) in [6, 6.07) is -0.0481. The molecule has 2 rings (SSSR count). The summed E-state index contributed by atoms with van der Waals surface area (Å²) in [6.45, 7) is 3.92. The van der Waals surface area contributed by atoms with Crippen LogP contribution in [0.5, 0.6) is 0 Å². The molecule has 1 atom stereocenters. The molecule has 1 unspecified atom stereocenters. The molecule has 1 aromatic heterocycles. The second-order valence-electron chi connectivity index (χ2n) is 4.81. The molecule has 2 N–H and O–H groups in total. The molecule has 0 bridgehead atoms. The topological polar surface area (TPSA) is 84.0 Å². The van der Waals surface area contributed by atoms with Gasteiger partial charge in [0.2, 0.25) is 0 Å². The number of hydrogen-bond donors (Lipinski definition) is 2. The number of hydrogen-bond acceptors (Lipinski definition) is 6. The Morgan fingerprint density at radius 1 is 1.32 bits per heavy atom. The quantitative estimate of drug-likeness (QED) is 0.857. The van der Waals surface area contributed by atoms with Gasteiger partial charge in [0.1, 0.15) is 17.5 Å². The predicted molar refractivity (Wildman–Crippen MR) is 76.4 cm³/mol. The minimum absolute atomic E-state index is 0.0481. The van der Waals surface area contributed by atoms with E-state index in [0.29, 0.717) is 6.42 Å². The lowest BCUT2D eigenvalue weighted by Crippen LogP contribution is -2.22. The van der Waals surface area contributed by atoms with E-state index in [1.807, 2.05) is 20.9 Å². The average Bonchev–Trinajstić information content (AvgIpc) is 2.71. The van der Waals surface area contributed by atoms with E-state index in [-0.39, 0.29) is 17.5 Å². The highest BCUT2D eigenvalue weighted by atomic mass is 32.2. The van der Waals surface area contributed by atoms with E-state index in [0.717, 1.165) is 29.4 Å². The van der Waals surface area contributed by atoms with Gasteiger partial charge < -0.3 is 10.6 Å². The third kappa shape index (κ3) is 3.15. The molecule has 0 radical (unpaired) electrons. The van der Waals surface area contributed by atoms with Gasteiger partial charge in [-0.3, -0.25) is 0 Å². The van der Waals surface area contributed by atoms with Gasteiger partial charge in [-0.15, -0.1) is 0 Å². The van der Waals surface area contributed by atoms with Crippen LogP contribution in [-0.4, -0.2) is 43.0 Å². The molecule has 1 fully saturated rings. The Balaban J connectivity index is 2.24. The van der Waals surface area contributed by atoms with Crippen LogP contribution in [0.3, 0.4) is 0 Å². The summed E-state index contributed by atoms with van der Waals surface area (Å²) in [5.41, 5.74) is 0.920. The molecular weight excluding hydrogens is 264 g/mol. The van der Waals surface area contributed by atoms with Crippen molar-refractivity contribution in [3.05, 3.63) is 11.4 Å². The van der Waals surface area contributed by atoms with Crippen LogP contribution in [0.2, 0.25) is 0 Å². The highest BCUT2D eigenvalue weighted by Gasteiger charge is 2.28. The summed E-state index contributed by atoms with van der Waals surface area (Å²) < 4.78 is 23.0. The van der Waals surface area contributed by atoms with Gasteiger partial charge >= 0.3 is 0 Å². The fourth-order valence-electron chi connectivity index (χ4n) is 2.21. The molecule has 2 heterocycles. The maximum atomic E-state index is 11.5. The summed E-state index contributed by atoms with van der Waals surface area (Å²) in [4.78, 5) is 8.85. The molecule has 0 aromatic carbocycles. The van der Waals surface area contributed by atoms with Gasteiger partial charge in [0, 0.05) is 25.1 Å². The van der Waals surface area contributed by atoms with Crippen LogP contribution in [0.25, 0.3) is 0 Å². The molecule has 19 heavy (non-hydrogen) atoms. The van der Waals surface area contributed by atoms with Crippen LogP contribution >= 0.6 is 0 Å². The lowest BCUT2D eigenvalue weighted by molar-refractivity contribution is 0.602. The van der Waals surface area contributed by atoms with Gasteiger partial charge in [0.05, 0.1) is 11.5 Å². The van der Waals surface area contributed by atoms with Crippen LogP contribution in [0.1, 0.15) is 24.7 Å². The molecule has 0 spiro atoms. The summed E-state index contributed by atoms with van der Waals surface area (Å²) in [7, 11) is -1.06. The van der Waals surface area contributed by atoms with Crippen molar-refractivity contribution >= 4 is 21.5 Å². The second-order valence-corrected chi connectivity index (χ2v) is 7.04. The normalized spacial score (nSPS) is 21.3. The molecule has 7 heteroatoms. The first kappa shape index (κ1) is 14.0. The molecule has 0 aliphatic carbocycles. The van der Waals surface area contributed by atoms with Crippen molar-refractivity contribution in [3.63, 3.8) is 0 Å². The molecule has 0 amide bonds. The Morgan fingerprint density at radius 2 is 2.00 bits per heavy atom. The Kier molecular flexibility index (Phi) is 3.93.